The number of aromatic nitrogens is 2. The fourth-order valence-corrected chi connectivity index (χ4v) is 5.02. The lowest BCUT2D eigenvalue weighted by atomic mass is 9.97. The molecule has 0 radical (unpaired) electrons. The summed E-state index contributed by atoms with van der Waals surface area (Å²) in [7, 11) is 0. The number of anilines is 2. The van der Waals surface area contributed by atoms with Crippen LogP contribution in [-0.2, 0) is 0 Å². The highest BCUT2D eigenvalue weighted by Crippen LogP contribution is 2.40. The fourth-order valence-electron chi connectivity index (χ4n) is 4.35. The number of aryl methyl sites for hydroxylation is 2. The number of fused-ring (bicyclic) bond motifs is 1. The van der Waals surface area contributed by atoms with Gasteiger partial charge in [-0.3, -0.25) is 4.57 Å². The molecule has 154 valence electrons. The summed E-state index contributed by atoms with van der Waals surface area (Å²) < 4.78 is 2.05. The van der Waals surface area contributed by atoms with E-state index in [0.29, 0.717) is 27.3 Å². The zero-order valence-corrected chi connectivity index (χ0v) is 18.5. The number of piperidine rings is 1. The van der Waals surface area contributed by atoms with E-state index in [2.05, 4.69) is 24.8 Å². The number of nitrogens with zero attached hydrogens (tertiary/aromatic N) is 3. The number of rotatable bonds is 3. The van der Waals surface area contributed by atoms with Crippen LogP contribution in [0.25, 0.3) is 16.7 Å². The molecule has 0 spiro atoms. The van der Waals surface area contributed by atoms with E-state index in [0.717, 1.165) is 53.9 Å². The van der Waals surface area contributed by atoms with Crippen molar-refractivity contribution >= 4 is 45.6 Å². The Bertz CT molecular complexity index is 1060. The SMILES string of the molecule is Cc1cc(N2CCC(CO)CC2)c2c(C)c(C)n(-c3c(Cl)cc(N)cc3Cl)c2n1. The summed E-state index contributed by atoms with van der Waals surface area (Å²) in [5.41, 5.74) is 12.4. The highest BCUT2D eigenvalue weighted by Gasteiger charge is 2.25. The summed E-state index contributed by atoms with van der Waals surface area (Å²) in [5.74, 6) is 0.393. The van der Waals surface area contributed by atoms with Crippen LogP contribution in [0.5, 0.6) is 0 Å². The molecule has 2 aromatic heterocycles. The van der Waals surface area contributed by atoms with E-state index in [-0.39, 0.29) is 6.61 Å². The number of aliphatic hydroxyl groups excluding tert-OH is 1. The fraction of sp³-hybridized carbons (Fsp3) is 0.409. The van der Waals surface area contributed by atoms with Crippen LogP contribution in [0.2, 0.25) is 10.0 Å². The zero-order chi connectivity index (χ0) is 20.9. The largest absolute Gasteiger partial charge is 0.399 e. The monoisotopic (exact) mass is 432 g/mol. The van der Waals surface area contributed by atoms with E-state index >= 15 is 0 Å². The summed E-state index contributed by atoms with van der Waals surface area (Å²) in [6.45, 7) is 8.32. The molecule has 5 nitrogen and oxygen atoms in total. The Hall–Kier alpha value is -1.95. The van der Waals surface area contributed by atoms with Crippen LogP contribution >= 0.6 is 23.2 Å². The number of nitrogens with two attached hydrogens (primary N) is 1. The minimum absolute atomic E-state index is 0.265. The molecular weight excluding hydrogens is 407 g/mol. The van der Waals surface area contributed by atoms with E-state index in [4.69, 9.17) is 33.9 Å². The van der Waals surface area contributed by atoms with Gasteiger partial charge in [0.1, 0.15) is 5.65 Å². The van der Waals surface area contributed by atoms with Crippen LogP contribution in [0.4, 0.5) is 11.4 Å². The molecule has 1 aliphatic heterocycles. The lowest BCUT2D eigenvalue weighted by Crippen LogP contribution is -2.35. The summed E-state index contributed by atoms with van der Waals surface area (Å²) >= 11 is 13.1. The van der Waals surface area contributed by atoms with Crippen molar-refractivity contribution in [3.8, 4) is 5.69 Å². The predicted octanol–water partition coefficient (Wildman–Crippen LogP) is 5.05. The third-order valence-corrected chi connectivity index (χ3v) is 6.63. The minimum Gasteiger partial charge on any atom is -0.399 e. The molecule has 1 fully saturated rings. The van der Waals surface area contributed by atoms with Gasteiger partial charge >= 0.3 is 0 Å². The van der Waals surface area contributed by atoms with Crippen molar-refractivity contribution < 1.29 is 5.11 Å². The Morgan fingerprint density at radius 3 is 2.31 bits per heavy atom. The molecule has 0 amide bonds. The summed E-state index contributed by atoms with van der Waals surface area (Å²) in [5, 5.41) is 11.6. The lowest BCUT2D eigenvalue weighted by molar-refractivity contribution is 0.203. The molecular formula is C22H26Cl2N4O. The number of hydrogen-bond acceptors (Lipinski definition) is 4. The number of nitrogen functional groups attached to an aromatic ring is 1. The Morgan fingerprint density at radius 2 is 1.72 bits per heavy atom. The number of halogens is 2. The number of aliphatic hydroxyl groups is 1. The van der Waals surface area contributed by atoms with Gasteiger partial charge in [-0.2, -0.15) is 0 Å². The maximum Gasteiger partial charge on any atom is 0.147 e. The minimum atomic E-state index is 0.265. The van der Waals surface area contributed by atoms with Crippen molar-refractivity contribution in [3.63, 3.8) is 0 Å². The van der Waals surface area contributed by atoms with Gasteiger partial charge in [0, 0.05) is 47.8 Å². The first-order valence-electron chi connectivity index (χ1n) is 9.91. The van der Waals surface area contributed by atoms with Gasteiger partial charge < -0.3 is 15.7 Å². The molecule has 4 rings (SSSR count). The maximum absolute atomic E-state index is 9.48. The predicted molar refractivity (Wildman–Crippen MR) is 122 cm³/mol. The Labute approximate surface area is 181 Å². The third-order valence-electron chi connectivity index (χ3n) is 6.05. The molecule has 3 N–H and O–H groups in total. The van der Waals surface area contributed by atoms with E-state index in [1.165, 1.54) is 5.69 Å². The second kappa shape index (κ2) is 7.71. The Morgan fingerprint density at radius 1 is 1.10 bits per heavy atom. The van der Waals surface area contributed by atoms with Gasteiger partial charge in [0.15, 0.2) is 0 Å². The second-order valence-corrected chi connectivity index (χ2v) is 8.79. The molecule has 0 unspecified atom stereocenters. The van der Waals surface area contributed by atoms with Gasteiger partial charge in [0.2, 0.25) is 0 Å². The van der Waals surface area contributed by atoms with Crippen LogP contribution in [0.15, 0.2) is 18.2 Å². The average molecular weight is 433 g/mol. The van der Waals surface area contributed by atoms with Crippen molar-refractivity contribution in [1.82, 2.24) is 9.55 Å². The van der Waals surface area contributed by atoms with Gasteiger partial charge in [-0.05, 0) is 63.3 Å². The first-order valence-corrected chi connectivity index (χ1v) is 10.7. The molecule has 0 atom stereocenters. The third kappa shape index (κ3) is 3.45. The summed E-state index contributed by atoms with van der Waals surface area (Å²) in [6, 6.07) is 5.60. The molecule has 3 heterocycles. The van der Waals surface area contributed by atoms with E-state index in [9.17, 15) is 5.11 Å². The second-order valence-electron chi connectivity index (χ2n) is 7.97. The molecule has 1 aliphatic rings. The van der Waals surface area contributed by atoms with Gasteiger partial charge in [-0.15, -0.1) is 0 Å². The molecule has 7 heteroatoms. The smallest absolute Gasteiger partial charge is 0.147 e. The first kappa shape index (κ1) is 20.3. The number of benzene rings is 1. The van der Waals surface area contributed by atoms with Crippen LogP contribution in [0, 0.1) is 26.7 Å². The highest BCUT2D eigenvalue weighted by molar-refractivity contribution is 6.38. The van der Waals surface area contributed by atoms with Crippen LogP contribution in [0.1, 0.15) is 29.8 Å². The van der Waals surface area contributed by atoms with Crippen molar-refractivity contribution in [1.29, 1.82) is 0 Å². The van der Waals surface area contributed by atoms with Crippen LogP contribution in [-0.4, -0.2) is 34.4 Å². The van der Waals surface area contributed by atoms with Gasteiger partial charge in [-0.25, -0.2) is 4.98 Å². The van der Waals surface area contributed by atoms with Crippen LogP contribution in [0.3, 0.4) is 0 Å². The van der Waals surface area contributed by atoms with Gasteiger partial charge in [0.05, 0.1) is 15.7 Å². The standard InChI is InChI=1S/C22H26Cl2N4O/c1-12-8-19(27-6-4-15(11-29)5-7-27)20-13(2)14(3)28(22(20)26-12)21-17(23)9-16(25)10-18(21)24/h8-10,15,29H,4-7,11,25H2,1-3H3. The number of pyridine rings is 1. The average Bonchev–Trinajstić information content (AvgIpc) is 2.92. The molecule has 29 heavy (non-hydrogen) atoms. The van der Waals surface area contributed by atoms with Crippen molar-refractivity contribution in [2.24, 2.45) is 5.92 Å². The van der Waals surface area contributed by atoms with Crippen molar-refractivity contribution in [2.75, 3.05) is 30.3 Å². The maximum atomic E-state index is 9.48. The van der Waals surface area contributed by atoms with Crippen molar-refractivity contribution in [2.45, 2.75) is 33.6 Å². The summed E-state index contributed by atoms with van der Waals surface area (Å²) in [4.78, 5) is 7.28. The quantitative estimate of drug-likeness (QED) is 0.568. The molecule has 3 aromatic rings. The highest BCUT2D eigenvalue weighted by atomic mass is 35.5. The lowest BCUT2D eigenvalue weighted by Gasteiger charge is -2.33. The van der Waals surface area contributed by atoms with Crippen LogP contribution < -0.4 is 10.6 Å². The van der Waals surface area contributed by atoms with Gasteiger partial charge in [-0.1, -0.05) is 23.2 Å². The van der Waals surface area contributed by atoms with E-state index in [1.807, 2.05) is 11.5 Å². The van der Waals surface area contributed by atoms with Crippen molar-refractivity contribution in [3.05, 3.63) is 45.2 Å². The molecule has 0 saturated carbocycles. The summed E-state index contributed by atoms with van der Waals surface area (Å²) in [6.07, 6.45) is 1.99. The topological polar surface area (TPSA) is 67.3 Å². The molecule has 0 bridgehead atoms. The number of hydrogen-bond donors (Lipinski definition) is 2. The normalized spacial score (nSPS) is 15.4. The van der Waals surface area contributed by atoms with Gasteiger partial charge in [0.25, 0.3) is 0 Å². The molecule has 1 aromatic carbocycles. The Balaban J connectivity index is 1.94. The molecule has 0 aliphatic carbocycles. The Kier molecular flexibility index (Phi) is 5.40. The van der Waals surface area contributed by atoms with E-state index < -0.39 is 0 Å². The zero-order valence-electron chi connectivity index (χ0n) is 17.0. The first-order chi connectivity index (χ1) is 13.8. The molecule has 1 saturated heterocycles. The van der Waals surface area contributed by atoms with E-state index in [1.54, 1.807) is 12.1 Å².